The summed E-state index contributed by atoms with van der Waals surface area (Å²) >= 11 is 0. The molecule has 6 amide bonds. The third-order valence-electron chi connectivity index (χ3n) is 22.2. The van der Waals surface area contributed by atoms with E-state index in [2.05, 4.69) is 70.5 Å². The number of carbonyl (C=O) groups is 6. The highest BCUT2D eigenvalue weighted by atomic mass is 16.5. The highest BCUT2D eigenvalue weighted by molar-refractivity contribution is 6.34. The predicted molar refractivity (Wildman–Crippen MR) is 387 cm³/mol. The number of hydrogen-bond acceptors (Lipinski definition) is 18. The molecule has 0 saturated carbocycles. The molecular weight excluding hydrogens is 1280 g/mol. The quantitative estimate of drug-likeness (QED) is 0.0609. The fourth-order valence-corrected chi connectivity index (χ4v) is 17.0. The van der Waals surface area contributed by atoms with Crippen molar-refractivity contribution in [2.45, 2.75) is 72.1 Å². The Labute approximate surface area is 586 Å². The van der Waals surface area contributed by atoms with Gasteiger partial charge in [-0.15, -0.1) is 0 Å². The van der Waals surface area contributed by atoms with Gasteiger partial charge in [-0.2, -0.15) is 0 Å². The lowest BCUT2D eigenvalue weighted by atomic mass is 9.93. The Balaban J connectivity index is 0.000000122. The molecule has 24 nitrogen and oxygen atoms in total. The van der Waals surface area contributed by atoms with Gasteiger partial charge in [0.1, 0.15) is 36.1 Å². The normalized spacial score (nSPS) is 18.9. The highest BCUT2D eigenvalue weighted by Gasteiger charge is 2.47. The van der Waals surface area contributed by atoms with Gasteiger partial charge in [-0.05, 0) is 150 Å². The third kappa shape index (κ3) is 11.6. The highest BCUT2D eigenvalue weighted by Crippen LogP contribution is 2.49. The Morgan fingerprint density at radius 1 is 0.406 bits per heavy atom. The second-order valence-electron chi connectivity index (χ2n) is 28.1. The van der Waals surface area contributed by atoms with E-state index >= 15 is 0 Å². The molecular formula is C77H91N13O11. The van der Waals surface area contributed by atoms with Gasteiger partial charge in [0.05, 0.1) is 117 Å². The first-order valence-corrected chi connectivity index (χ1v) is 35.6. The average Bonchev–Trinajstić information content (AvgIpc) is 1.56. The van der Waals surface area contributed by atoms with E-state index in [1.807, 2.05) is 43.3 Å². The fraction of sp³-hybridized carbons (Fsp3) is 0.468. The van der Waals surface area contributed by atoms with E-state index in [9.17, 15) is 28.8 Å². The maximum atomic E-state index is 13.9. The summed E-state index contributed by atoms with van der Waals surface area (Å²) in [5.74, 6) is 1.06. The summed E-state index contributed by atoms with van der Waals surface area (Å²) in [6.45, 7) is 16.2. The number of rotatable bonds is 16. The van der Waals surface area contributed by atoms with Gasteiger partial charge in [0.2, 0.25) is 0 Å². The summed E-state index contributed by atoms with van der Waals surface area (Å²) < 4.78 is 28.4. The van der Waals surface area contributed by atoms with Gasteiger partial charge >= 0.3 is 0 Å². The van der Waals surface area contributed by atoms with E-state index < -0.39 is 0 Å². The molecule has 3 saturated heterocycles. The van der Waals surface area contributed by atoms with Crippen LogP contribution in [0, 0.1) is 0 Å². The van der Waals surface area contributed by atoms with E-state index in [0.29, 0.717) is 109 Å². The molecule has 3 aliphatic carbocycles. The SMILES string of the molecule is C.CCOCCOc1cccc2[nH]c3c4c(c5c(c3c12)C(=O)N(CN1CCN(C)CC1)C5=O)CCC4.COCCOc1cccc2[nH]c3c4c(c5c(c3c12)C(=O)N(CN1CCN(C)CC1)C5=O)CCC4.COc1ccnc2[nH]c3c4c(c5c(c3c12)C(=O)N(CN1CCN(C)CC1)C5=O)CCC4. The molecule has 0 bridgehead atoms. The number of piperazine rings is 3. The van der Waals surface area contributed by atoms with Crippen molar-refractivity contribution in [2.24, 2.45) is 0 Å². The van der Waals surface area contributed by atoms with Gasteiger partial charge in [-0.1, -0.05) is 19.6 Å². The van der Waals surface area contributed by atoms with Crippen LogP contribution in [-0.4, -0.2) is 266 Å². The largest absolute Gasteiger partial charge is 0.496 e. The van der Waals surface area contributed by atoms with Crippen LogP contribution in [0.25, 0.3) is 65.5 Å². The van der Waals surface area contributed by atoms with Gasteiger partial charge < -0.3 is 53.3 Å². The van der Waals surface area contributed by atoms with Gasteiger partial charge in [0.25, 0.3) is 35.4 Å². The number of nitrogens with one attached hydrogen (secondary N) is 3. The number of ether oxygens (including phenoxy) is 5. The number of likely N-dealkylation sites (N-methyl/N-ethyl adjacent to an activating group) is 3. The molecule has 0 atom stereocenters. The van der Waals surface area contributed by atoms with Crippen LogP contribution in [-0.2, 0) is 48.0 Å². The number of aryl methyl sites for hydroxylation is 3. The standard InChI is InChI=1S/C27H32N4O4.C26H30N4O4.C23H25N5O3.CH4/c1-3-34-14-15-35-20-9-5-8-19-22(20)23-24-21(17-6-4-7-18(17)25(23)28-19)26(32)31(27(24)33)16-30-12-10-29(2)11-13-30;1-28-9-11-29(12-10-28)15-30-25(31)20-16-5-3-6-17(16)24-22(23(20)26(30)32)21-18(27-24)7-4-8-19(21)34-14-13-33-2;1-26-8-10-27(11-9-26)12-28-22(29)16-13-4-3-5-14(13)20-18(19(16)23(28)30)17-15(31-2)6-7-24-21(17)25-20;/h5,8-9,28H,3-4,6-7,10-16H2,1-2H3;4,7-8,27H,3,5-6,9-15H2,1-2H3;6-7H,3-5,8-12H2,1-2H3,(H,24,25);1H4. The second kappa shape index (κ2) is 27.8. The Bertz CT molecular complexity index is 4840. The van der Waals surface area contributed by atoms with Gasteiger partial charge in [0.15, 0.2) is 0 Å². The Kier molecular flexibility index (Phi) is 18.7. The molecule has 0 unspecified atom stereocenters. The molecule has 6 aliphatic heterocycles. The molecule has 10 heterocycles. The van der Waals surface area contributed by atoms with Crippen LogP contribution in [0.5, 0.6) is 17.2 Å². The Morgan fingerprint density at radius 2 is 0.772 bits per heavy atom. The molecule has 9 aromatic rings. The van der Waals surface area contributed by atoms with Crippen LogP contribution in [0.15, 0.2) is 48.7 Å². The minimum Gasteiger partial charge on any atom is -0.496 e. The van der Waals surface area contributed by atoms with Gasteiger partial charge in [-0.3, -0.25) is 58.2 Å². The summed E-state index contributed by atoms with van der Waals surface area (Å²) in [5, 5.41) is 5.00. The number of carbonyl (C=O) groups excluding carboxylic acids is 6. The predicted octanol–water partition coefficient (Wildman–Crippen LogP) is 8.31. The minimum atomic E-state index is -0.203. The maximum absolute atomic E-state index is 13.9. The number of aromatic amines is 3. The van der Waals surface area contributed by atoms with Crippen molar-refractivity contribution in [1.29, 1.82) is 0 Å². The van der Waals surface area contributed by atoms with Crippen LogP contribution in [0.3, 0.4) is 0 Å². The lowest BCUT2D eigenvalue weighted by Gasteiger charge is -2.34. The third-order valence-corrected chi connectivity index (χ3v) is 22.2. The number of methoxy groups -OCH3 is 2. The monoisotopic (exact) mass is 1370 g/mol. The smallest absolute Gasteiger partial charge is 0.263 e. The lowest BCUT2D eigenvalue weighted by molar-refractivity contribution is 0.0463. The molecule has 9 aliphatic rings. The molecule has 4 aromatic heterocycles. The van der Waals surface area contributed by atoms with Crippen molar-refractivity contribution >= 4 is 101 Å². The van der Waals surface area contributed by atoms with E-state index in [0.717, 1.165) is 218 Å². The van der Waals surface area contributed by atoms with E-state index in [-0.39, 0.29) is 42.9 Å². The van der Waals surface area contributed by atoms with E-state index in [1.165, 1.54) is 25.8 Å². The van der Waals surface area contributed by atoms with Crippen LogP contribution in [0.1, 0.15) is 129 Å². The first-order chi connectivity index (χ1) is 48.7. The van der Waals surface area contributed by atoms with E-state index in [4.69, 9.17) is 23.7 Å². The number of fused-ring (bicyclic) bond motifs is 24. The van der Waals surface area contributed by atoms with Crippen molar-refractivity contribution in [2.75, 3.05) is 167 Å². The number of benzene rings is 5. The summed E-state index contributed by atoms with van der Waals surface area (Å²) in [4.78, 5) is 115. The van der Waals surface area contributed by atoms with E-state index in [1.54, 1.807) is 26.5 Å². The van der Waals surface area contributed by atoms with Crippen molar-refractivity contribution in [1.82, 2.24) is 64.0 Å². The number of pyridine rings is 1. The van der Waals surface area contributed by atoms with Crippen molar-refractivity contribution < 1.29 is 52.5 Å². The van der Waals surface area contributed by atoms with Crippen molar-refractivity contribution in [3.63, 3.8) is 0 Å². The lowest BCUT2D eigenvalue weighted by Crippen LogP contribution is -2.50. The molecule has 5 aromatic carbocycles. The number of nitrogens with zero attached hydrogens (tertiary/aromatic N) is 10. The number of amides is 6. The average molecular weight is 1370 g/mol. The summed E-state index contributed by atoms with van der Waals surface area (Å²) in [5.41, 5.74) is 15.5. The Morgan fingerprint density at radius 3 is 1.16 bits per heavy atom. The molecule has 3 fully saturated rings. The number of imide groups is 3. The minimum absolute atomic E-state index is 0. The zero-order chi connectivity index (χ0) is 68.8. The molecule has 530 valence electrons. The molecule has 0 radical (unpaired) electrons. The number of hydrogen-bond donors (Lipinski definition) is 3. The molecule has 101 heavy (non-hydrogen) atoms. The molecule has 0 spiro atoms. The van der Waals surface area contributed by atoms with Gasteiger partial charge in [-0.25, -0.2) is 4.98 Å². The van der Waals surface area contributed by atoms with Crippen LogP contribution in [0.4, 0.5) is 0 Å². The molecule has 3 N–H and O–H groups in total. The topological polar surface area (TPSA) is 238 Å². The molecule has 24 heteroatoms. The first kappa shape index (κ1) is 67.9. The Hall–Kier alpha value is -8.85. The summed E-state index contributed by atoms with van der Waals surface area (Å²) in [6, 6.07) is 13.6. The van der Waals surface area contributed by atoms with Crippen LogP contribution in [0.2, 0.25) is 0 Å². The summed E-state index contributed by atoms with van der Waals surface area (Å²) in [6.07, 6.45) is 9.89. The first-order valence-electron chi connectivity index (χ1n) is 35.6. The molecule has 18 rings (SSSR count). The zero-order valence-electron chi connectivity index (χ0n) is 58.1. The number of aromatic nitrogens is 4. The maximum Gasteiger partial charge on any atom is 0.263 e. The zero-order valence-corrected chi connectivity index (χ0v) is 58.1. The summed E-state index contributed by atoms with van der Waals surface area (Å²) in [7, 11) is 9.56. The number of H-pyrrole nitrogens is 3. The van der Waals surface area contributed by atoms with Gasteiger partial charge in [0, 0.05) is 115 Å². The van der Waals surface area contributed by atoms with Crippen LogP contribution >= 0.6 is 0 Å². The van der Waals surface area contributed by atoms with Crippen molar-refractivity contribution in [3.8, 4) is 17.2 Å². The van der Waals surface area contributed by atoms with Crippen molar-refractivity contribution in [3.05, 3.63) is 115 Å². The fourth-order valence-electron chi connectivity index (χ4n) is 17.0. The second-order valence-corrected chi connectivity index (χ2v) is 28.1. The van der Waals surface area contributed by atoms with Crippen LogP contribution < -0.4 is 14.2 Å².